The van der Waals surface area contributed by atoms with Gasteiger partial charge >= 0.3 is 0 Å². The van der Waals surface area contributed by atoms with Crippen LogP contribution in [0.4, 0.5) is 5.69 Å². The summed E-state index contributed by atoms with van der Waals surface area (Å²) in [6, 6.07) is 18.6. The maximum atomic E-state index is 11.2. The standard InChI is InChI=1S/C25H21N3O4/c1-31-17-7-9-23-19(11-17)21(13-26-23)25(15-3-5-16(6-4-15)28(29)30)22-14-27-24-10-8-18(32-2)12-20(22)24/h3-14,25-27H,1-2H3. The Kier molecular flexibility index (Phi) is 4.78. The first-order valence-corrected chi connectivity index (χ1v) is 10.1. The fourth-order valence-corrected chi connectivity index (χ4v) is 4.29. The highest BCUT2D eigenvalue weighted by atomic mass is 16.6. The van der Waals surface area contributed by atoms with E-state index in [-0.39, 0.29) is 16.5 Å². The van der Waals surface area contributed by atoms with E-state index < -0.39 is 0 Å². The molecule has 0 spiro atoms. The van der Waals surface area contributed by atoms with E-state index in [1.165, 1.54) is 0 Å². The van der Waals surface area contributed by atoms with Gasteiger partial charge in [-0.15, -0.1) is 0 Å². The van der Waals surface area contributed by atoms with Crippen molar-refractivity contribution in [3.63, 3.8) is 0 Å². The normalized spacial score (nSPS) is 11.3. The zero-order chi connectivity index (χ0) is 22.2. The topological polar surface area (TPSA) is 93.2 Å². The van der Waals surface area contributed by atoms with Crippen LogP contribution in [0.15, 0.2) is 73.1 Å². The molecule has 0 aliphatic heterocycles. The van der Waals surface area contributed by atoms with E-state index in [4.69, 9.17) is 9.47 Å². The van der Waals surface area contributed by atoms with Crippen molar-refractivity contribution < 1.29 is 14.4 Å². The van der Waals surface area contributed by atoms with Crippen LogP contribution in [0, 0.1) is 10.1 Å². The molecule has 7 heteroatoms. The molecule has 0 aliphatic carbocycles. The molecule has 5 rings (SSSR count). The van der Waals surface area contributed by atoms with Gasteiger partial charge in [-0.25, -0.2) is 0 Å². The number of aromatic nitrogens is 2. The van der Waals surface area contributed by atoms with Crippen molar-refractivity contribution in [2.45, 2.75) is 5.92 Å². The van der Waals surface area contributed by atoms with Gasteiger partial charge in [-0.1, -0.05) is 12.1 Å². The number of non-ortho nitro benzene ring substituents is 1. The van der Waals surface area contributed by atoms with E-state index in [1.807, 2.05) is 60.9 Å². The number of methoxy groups -OCH3 is 2. The molecule has 0 atom stereocenters. The molecule has 0 saturated carbocycles. The maximum Gasteiger partial charge on any atom is 0.269 e. The molecular formula is C25H21N3O4. The summed E-state index contributed by atoms with van der Waals surface area (Å²) < 4.78 is 10.9. The Morgan fingerprint density at radius 2 is 1.28 bits per heavy atom. The summed E-state index contributed by atoms with van der Waals surface area (Å²) in [5.41, 5.74) is 5.10. The van der Waals surface area contributed by atoms with Crippen molar-refractivity contribution in [2.24, 2.45) is 0 Å². The van der Waals surface area contributed by atoms with Crippen LogP contribution in [0.3, 0.4) is 0 Å². The number of benzene rings is 3. The van der Waals surface area contributed by atoms with Crippen LogP contribution in [0.5, 0.6) is 11.5 Å². The van der Waals surface area contributed by atoms with Crippen molar-refractivity contribution >= 4 is 27.5 Å². The van der Waals surface area contributed by atoms with Crippen molar-refractivity contribution in [3.8, 4) is 11.5 Å². The molecule has 0 aliphatic rings. The molecule has 32 heavy (non-hydrogen) atoms. The summed E-state index contributed by atoms with van der Waals surface area (Å²) in [7, 11) is 3.29. The second-order valence-corrected chi connectivity index (χ2v) is 7.59. The maximum absolute atomic E-state index is 11.2. The number of fused-ring (bicyclic) bond motifs is 2. The SMILES string of the molecule is COc1ccc2[nH]cc(C(c3ccc([N+](=O)[O-])cc3)c3c[nH]c4ccc(OC)cc34)c2c1. The van der Waals surface area contributed by atoms with Crippen molar-refractivity contribution in [2.75, 3.05) is 14.2 Å². The lowest BCUT2D eigenvalue weighted by Crippen LogP contribution is -2.03. The number of hydrogen-bond acceptors (Lipinski definition) is 4. The number of rotatable bonds is 6. The Bertz CT molecular complexity index is 1350. The highest BCUT2D eigenvalue weighted by Gasteiger charge is 2.24. The minimum absolute atomic E-state index is 0.0636. The average molecular weight is 427 g/mol. The molecule has 5 aromatic rings. The predicted molar refractivity (Wildman–Crippen MR) is 124 cm³/mol. The van der Waals surface area contributed by atoms with E-state index in [9.17, 15) is 10.1 Å². The van der Waals surface area contributed by atoms with Crippen LogP contribution in [0.25, 0.3) is 21.8 Å². The second-order valence-electron chi connectivity index (χ2n) is 7.59. The lowest BCUT2D eigenvalue weighted by atomic mass is 9.84. The molecule has 2 aromatic heterocycles. The van der Waals surface area contributed by atoms with Gasteiger partial charge in [-0.2, -0.15) is 0 Å². The number of nitrogens with zero attached hydrogens (tertiary/aromatic N) is 1. The number of H-pyrrole nitrogens is 2. The van der Waals surface area contributed by atoms with Crippen molar-refractivity contribution in [1.29, 1.82) is 0 Å². The Morgan fingerprint density at radius 1 is 0.781 bits per heavy atom. The Hall–Kier alpha value is -4.26. The summed E-state index contributed by atoms with van der Waals surface area (Å²) in [6.07, 6.45) is 3.99. The van der Waals surface area contributed by atoms with Crippen LogP contribution >= 0.6 is 0 Å². The molecule has 0 bridgehead atoms. The Labute approximate surface area is 183 Å². The number of aromatic amines is 2. The molecule has 0 fully saturated rings. The van der Waals surface area contributed by atoms with E-state index in [1.54, 1.807) is 26.4 Å². The third-order valence-corrected chi connectivity index (χ3v) is 5.90. The molecule has 2 N–H and O–H groups in total. The van der Waals surface area contributed by atoms with E-state index >= 15 is 0 Å². The van der Waals surface area contributed by atoms with Crippen molar-refractivity contribution in [3.05, 3.63) is 99.9 Å². The van der Waals surface area contributed by atoms with Gasteiger partial charge in [0.25, 0.3) is 5.69 Å². The van der Waals surface area contributed by atoms with Gasteiger partial charge in [-0.3, -0.25) is 10.1 Å². The zero-order valence-corrected chi connectivity index (χ0v) is 17.6. The summed E-state index contributed by atoms with van der Waals surface area (Å²) >= 11 is 0. The highest BCUT2D eigenvalue weighted by Crippen LogP contribution is 2.41. The first-order chi connectivity index (χ1) is 15.6. The van der Waals surface area contributed by atoms with Gasteiger partial charge < -0.3 is 19.4 Å². The van der Waals surface area contributed by atoms with Gasteiger partial charge in [0.15, 0.2) is 0 Å². The minimum Gasteiger partial charge on any atom is -0.497 e. The fourth-order valence-electron chi connectivity index (χ4n) is 4.29. The summed E-state index contributed by atoms with van der Waals surface area (Å²) in [4.78, 5) is 17.5. The van der Waals surface area contributed by atoms with Crippen LogP contribution in [-0.2, 0) is 0 Å². The molecule has 160 valence electrons. The Morgan fingerprint density at radius 3 is 1.72 bits per heavy atom. The molecule has 3 aromatic carbocycles. The number of hydrogen-bond donors (Lipinski definition) is 2. The summed E-state index contributed by atoms with van der Waals surface area (Å²) in [5, 5.41) is 13.3. The molecule has 2 heterocycles. The van der Waals surface area contributed by atoms with Crippen LogP contribution in [0.2, 0.25) is 0 Å². The number of nitro groups is 1. The highest BCUT2D eigenvalue weighted by molar-refractivity contribution is 5.90. The third kappa shape index (κ3) is 3.24. The van der Waals surface area contributed by atoms with Gasteiger partial charge in [-0.05, 0) is 53.1 Å². The number of ether oxygens (including phenoxy) is 2. The Balaban J connectivity index is 1.76. The first kappa shape index (κ1) is 19.7. The predicted octanol–water partition coefficient (Wildman–Crippen LogP) is 5.75. The molecule has 0 unspecified atom stereocenters. The monoisotopic (exact) mass is 427 g/mol. The molecule has 7 nitrogen and oxygen atoms in total. The van der Waals surface area contributed by atoms with Crippen LogP contribution in [0.1, 0.15) is 22.6 Å². The summed E-state index contributed by atoms with van der Waals surface area (Å²) in [5.74, 6) is 1.36. The molecule has 0 saturated heterocycles. The van der Waals surface area contributed by atoms with Crippen molar-refractivity contribution in [1.82, 2.24) is 9.97 Å². The zero-order valence-electron chi connectivity index (χ0n) is 17.6. The fraction of sp³-hybridized carbons (Fsp3) is 0.120. The largest absolute Gasteiger partial charge is 0.497 e. The lowest BCUT2D eigenvalue weighted by Gasteiger charge is -2.18. The minimum atomic E-state index is -0.383. The smallest absolute Gasteiger partial charge is 0.269 e. The van der Waals surface area contributed by atoms with E-state index in [2.05, 4.69) is 9.97 Å². The third-order valence-electron chi connectivity index (χ3n) is 5.90. The number of nitro benzene ring substituents is 1. The molecule has 0 radical (unpaired) electrons. The first-order valence-electron chi connectivity index (χ1n) is 10.1. The lowest BCUT2D eigenvalue weighted by molar-refractivity contribution is -0.384. The van der Waals surface area contributed by atoms with Gasteiger partial charge in [0.2, 0.25) is 0 Å². The molecular weight excluding hydrogens is 406 g/mol. The molecule has 0 amide bonds. The second kappa shape index (κ2) is 7.77. The van der Waals surface area contributed by atoms with Crippen LogP contribution in [-0.4, -0.2) is 29.1 Å². The average Bonchev–Trinajstić information content (AvgIpc) is 3.43. The van der Waals surface area contributed by atoms with Gasteiger partial charge in [0, 0.05) is 52.3 Å². The van der Waals surface area contributed by atoms with Gasteiger partial charge in [0.1, 0.15) is 11.5 Å². The van der Waals surface area contributed by atoms with E-state index in [0.717, 1.165) is 50.0 Å². The van der Waals surface area contributed by atoms with Crippen LogP contribution < -0.4 is 9.47 Å². The number of nitrogens with one attached hydrogen (secondary N) is 2. The summed E-state index contributed by atoms with van der Waals surface area (Å²) in [6.45, 7) is 0. The quantitative estimate of drug-likeness (QED) is 0.266. The van der Waals surface area contributed by atoms with Gasteiger partial charge in [0.05, 0.1) is 19.1 Å². The van der Waals surface area contributed by atoms with E-state index in [0.29, 0.717) is 0 Å².